The van der Waals surface area contributed by atoms with E-state index < -0.39 is 10.0 Å². The van der Waals surface area contributed by atoms with Crippen LogP contribution in [0.15, 0.2) is 24.7 Å². The quantitative estimate of drug-likeness (QED) is 0.495. The number of aromatic nitrogens is 3. The van der Waals surface area contributed by atoms with E-state index in [2.05, 4.69) is 30.3 Å². The Bertz CT molecular complexity index is 1130. The summed E-state index contributed by atoms with van der Waals surface area (Å²) in [6.45, 7) is 2.37. The molecule has 0 aromatic carbocycles. The topological polar surface area (TPSA) is 135 Å². The second kappa shape index (κ2) is 10.9. The molecule has 1 saturated carbocycles. The molecule has 1 aliphatic carbocycles. The highest BCUT2D eigenvalue weighted by molar-refractivity contribution is 7.88. The van der Waals surface area contributed by atoms with Crippen molar-refractivity contribution in [1.82, 2.24) is 19.7 Å². The number of carbonyl (C=O) groups excluding carboxylic acids is 1. The van der Waals surface area contributed by atoms with E-state index in [1.807, 2.05) is 0 Å². The minimum atomic E-state index is -3.30. The number of ether oxygens (including phenoxy) is 1. The molecule has 2 aliphatic rings. The molecule has 2 fully saturated rings. The van der Waals surface area contributed by atoms with Gasteiger partial charge in [-0.2, -0.15) is 0 Å². The van der Waals surface area contributed by atoms with Gasteiger partial charge in [-0.15, -0.1) is 0 Å². The summed E-state index contributed by atoms with van der Waals surface area (Å²) >= 11 is 6.38. The summed E-state index contributed by atoms with van der Waals surface area (Å²) in [5.74, 6) is 1.05. The van der Waals surface area contributed by atoms with Gasteiger partial charge in [-0.25, -0.2) is 23.1 Å². The zero-order valence-corrected chi connectivity index (χ0v) is 20.5. The average molecular weight is 509 g/mol. The maximum absolute atomic E-state index is 12.7. The second-order valence-corrected chi connectivity index (χ2v) is 11.0. The van der Waals surface area contributed by atoms with Crippen LogP contribution >= 0.6 is 11.6 Å². The molecule has 3 N–H and O–H groups in total. The number of amides is 1. The standard InChI is InChI=1S/C22H29ClN6O4S/c1-34(31,32)29-16-3-2-15(8-16)22(30)28-20-9-17(18(23)11-26-20)19-12-24-13-21(27-19)25-10-14-4-6-33-7-5-14/h9,11-16,29H,2-8,10H2,1H3,(H,25,27)(H,26,28,30)/t15-,16+/m0/s1. The van der Waals surface area contributed by atoms with E-state index in [-0.39, 0.29) is 17.9 Å². The van der Waals surface area contributed by atoms with Crippen LogP contribution in [0, 0.1) is 11.8 Å². The van der Waals surface area contributed by atoms with Crippen LogP contribution in [0.2, 0.25) is 5.02 Å². The molecular weight excluding hydrogens is 480 g/mol. The van der Waals surface area contributed by atoms with Crippen molar-refractivity contribution < 1.29 is 17.9 Å². The predicted octanol–water partition coefficient (Wildman–Crippen LogP) is 2.69. The van der Waals surface area contributed by atoms with Crippen molar-refractivity contribution >= 4 is 39.2 Å². The average Bonchev–Trinajstić information content (AvgIpc) is 3.27. The highest BCUT2D eigenvalue weighted by atomic mass is 35.5. The first kappa shape index (κ1) is 24.8. The molecule has 10 nitrogen and oxygen atoms in total. The minimum absolute atomic E-state index is 0.198. The number of hydrogen-bond donors (Lipinski definition) is 3. The van der Waals surface area contributed by atoms with Gasteiger partial charge in [-0.1, -0.05) is 11.6 Å². The normalized spacial score (nSPS) is 21.4. The summed E-state index contributed by atoms with van der Waals surface area (Å²) in [5, 5.41) is 6.56. The van der Waals surface area contributed by atoms with E-state index in [4.69, 9.17) is 16.3 Å². The number of nitrogens with zero attached hydrogens (tertiary/aromatic N) is 3. The van der Waals surface area contributed by atoms with Gasteiger partial charge < -0.3 is 15.4 Å². The third-order valence-corrected chi connectivity index (χ3v) is 7.18. The summed E-state index contributed by atoms with van der Waals surface area (Å²) in [5.41, 5.74) is 1.18. The Kier molecular flexibility index (Phi) is 7.97. The van der Waals surface area contributed by atoms with E-state index >= 15 is 0 Å². The van der Waals surface area contributed by atoms with E-state index in [9.17, 15) is 13.2 Å². The summed E-state index contributed by atoms with van der Waals surface area (Å²) in [6, 6.07) is 1.44. The SMILES string of the molecule is CS(=O)(=O)N[C@@H]1CC[C@H](C(=O)Nc2cc(-c3cncc(NCC4CCOCC4)n3)c(Cl)cn2)C1. The Morgan fingerprint density at radius 3 is 2.71 bits per heavy atom. The summed E-state index contributed by atoms with van der Waals surface area (Å²) in [4.78, 5) is 25.9. The van der Waals surface area contributed by atoms with Gasteiger partial charge in [0.2, 0.25) is 15.9 Å². The molecule has 4 rings (SSSR count). The molecule has 3 heterocycles. The van der Waals surface area contributed by atoms with Crippen molar-refractivity contribution in [3.05, 3.63) is 29.7 Å². The minimum Gasteiger partial charge on any atom is -0.381 e. The fourth-order valence-electron chi connectivity index (χ4n) is 4.34. The number of pyridine rings is 1. The van der Waals surface area contributed by atoms with Gasteiger partial charge in [0.05, 0.1) is 29.4 Å². The number of nitrogens with one attached hydrogen (secondary N) is 3. The van der Waals surface area contributed by atoms with Gasteiger partial charge in [0.25, 0.3) is 0 Å². The van der Waals surface area contributed by atoms with Gasteiger partial charge in [0.15, 0.2) is 0 Å². The number of rotatable bonds is 8. The second-order valence-electron chi connectivity index (χ2n) is 8.86. The molecule has 12 heteroatoms. The molecule has 2 aromatic rings. The highest BCUT2D eigenvalue weighted by Gasteiger charge is 2.31. The van der Waals surface area contributed by atoms with E-state index in [0.717, 1.165) is 38.9 Å². The highest BCUT2D eigenvalue weighted by Crippen LogP contribution is 2.30. The van der Waals surface area contributed by atoms with Gasteiger partial charge >= 0.3 is 0 Å². The lowest BCUT2D eigenvalue weighted by Crippen LogP contribution is -2.32. The van der Waals surface area contributed by atoms with Crippen LogP contribution in [0.25, 0.3) is 11.3 Å². The van der Waals surface area contributed by atoms with Crippen molar-refractivity contribution in [3.8, 4) is 11.3 Å². The van der Waals surface area contributed by atoms with Crippen molar-refractivity contribution in [3.63, 3.8) is 0 Å². The molecule has 1 amide bonds. The zero-order valence-electron chi connectivity index (χ0n) is 19.0. The third kappa shape index (κ3) is 6.84. The summed E-state index contributed by atoms with van der Waals surface area (Å²) in [6.07, 6.45) is 9.59. The lowest BCUT2D eigenvalue weighted by atomic mass is 10.0. The molecular formula is C22H29ClN6O4S. The number of sulfonamides is 1. The van der Waals surface area contributed by atoms with Gasteiger partial charge in [-0.3, -0.25) is 9.78 Å². The smallest absolute Gasteiger partial charge is 0.228 e. The van der Waals surface area contributed by atoms with Crippen molar-refractivity contribution in [1.29, 1.82) is 0 Å². The van der Waals surface area contributed by atoms with E-state index in [0.29, 0.717) is 53.1 Å². The molecule has 0 bridgehead atoms. The van der Waals surface area contributed by atoms with Crippen LogP contribution < -0.4 is 15.4 Å². The zero-order chi connectivity index (χ0) is 24.1. The lowest BCUT2D eigenvalue weighted by Gasteiger charge is -2.22. The Labute approximate surface area is 204 Å². The Morgan fingerprint density at radius 1 is 1.15 bits per heavy atom. The van der Waals surface area contributed by atoms with Gasteiger partial charge in [-0.05, 0) is 44.1 Å². The van der Waals surface area contributed by atoms with Crippen molar-refractivity contribution in [2.24, 2.45) is 11.8 Å². The molecule has 2 aromatic heterocycles. The number of hydrogen-bond acceptors (Lipinski definition) is 8. The first-order valence-electron chi connectivity index (χ1n) is 11.3. The van der Waals surface area contributed by atoms with Crippen LogP contribution in [0.4, 0.5) is 11.6 Å². The van der Waals surface area contributed by atoms with Crippen LogP contribution in [0.5, 0.6) is 0 Å². The summed E-state index contributed by atoms with van der Waals surface area (Å²) < 4.78 is 30.9. The van der Waals surface area contributed by atoms with E-state index in [1.165, 1.54) is 6.20 Å². The number of anilines is 2. The maximum Gasteiger partial charge on any atom is 0.228 e. The lowest BCUT2D eigenvalue weighted by molar-refractivity contribution is -0.119. The largest absolute Gasteiger partial charge is 0.381 e. The predicted molar refractivity (Wildman–Crippen MR) is 130 cm³/mol. The third-order valence-electron chi connectivity index (χ3n) is 6.11. The molecule has 0 radical (unpaired) electrons. The molecule has 34 heavy (non-hydrogen) atoms. The fourth-order valence-corrected chi connectivity index (χ4v) is 5.36. The van der Waals surface area contributed by atoms with Crippen LogP contribution in [-0.4, -0.2) is 61.3 Å². The van der Waals surface area contributed by atoms with Crippen LogP contribution in [0.1, 0.15) is 32.1 Å². The first-order valence-corrected chi connectivity index (χ1v) is 13.6. The Hall–Kier alpha value is -2.34. The molecule has 184 valence electrons. The van der Waals surface area contributed by atoms with Crippen LogP contribution in [0.3, 0.4) is 0 Å². The molecule has 0 unspecified atom stereocenters. The fraction of sp³-hybridized carbons (Fsp3) is 0.545. The van der Waals surface area contributed by atoms with Crippen molar-refractivity contribution in [2.45, 2.75) is 38.1 Å². The van der Waals surface area contributed by atoms with Gasteiger partial charge in [0.1, 0.15) is 11.6 Å². The Morgan fingerprint density at radius 2 is 1.94 bits per heavy atom. The molecule has 1 aliphatic heterocycles. The molecule has 0 spiro atoms. The maximum atomic E-state index is 12.7. The summed E-state index contributed by atoms with van der Waals surface area (Å²) in [7, 11) is -3.30. The van der Waals surface area contributed by atoms with Crippen molar-refractivity contribution in [2.75, 3.05) is 36.6 Å². The van der Waals surface area contributed by atoms with E-state index in [1.54, 1.807) is 18.5 Å². The monoisotopic (exact) mass is 508 g/mol. The molecule has 2 atom stereocenters. The molecule has 1 saturated heterocycles. The number of halogens is 1. The Balaban J connectivity index is 1.40. The number of carbonyl (C=O) groups is 1. The van der Waals surface area contributed by atoms with Gasteiger partial charge in [0, 0.05) is 43.5 Å². The van der Waals surface area contributed by atoms with Crippen LogP contribution in [-0.2, 0) is 19.6 Å². The first-order chi connectivity index (χ1) is 16.3.